The van der Waals surface area contributed by atoms with Gasteiger partial charge in [-0.05, 0) is 87.4 Å². The van der Waals surface area contributed by atoms with Crippen molar-refractivity contribution in [3.63, 3.8) is 0 Å². The van der Waals surface area contributed by atoms with E-state index in [1.165, 1.54) is 0 Å². The lowest BCUT2D eigenvalue weighted by atomic mass is 9.66. The number of ether oxygens (including phenoxy) is 1. The number of pyridine rings is 1. The quantitative estimate of drug-likeness (QED) is 0.704. The van der Waals surface area contributed by atoms with Crippen molar-refractivity contribution in [2.75, 3.05) is 32.8 Å². The van der Waals surface area contributed by atoms with Crippen molar-refractivity contribution in [1.29, 1.82) is 0 Å². The first kappa shape index (κ1) is 24.1. The fourth-order valence-electron chi connectivity index (χ4n) is 5.94. The molecule has 180 valence electrons. The van der Waals surface area contributed by atoms with Crippen LogP contribution in [-0.4, -0.2) is 56.6 Å². The number of sulfonamides is 1. The first-order valence-electron chi connectivity index (χ1n) is 12.5. The van der Waals surface area contributed by atoms with Crippen molar-refractivity contribution in [1.82, 2.24) is 14.6 Å². The molecular weight excluding hydrogens is 422 g/mol. The molecule has 1 spiro atoms. The molecule has 1 aromatic heterocycles. The molecule has 32 heavy (non-hydrogen) atoms. The van der Waals surface area contributed by atoms with Gasteiger partial charge in [-0.15, -0.1) is 0 Å². The SMILES string of the molecule is CC(C)(C)CCC1N(S(=O)(=O)c2ccc(C3CCOCC3)nc2)CCCC12CCNCC2. The monoisotopic (exact) mass is 463 g/mol. The average molecular weight is 464 g/mol. The van der Waals surface area contributed by atoms with Crippen molar-refractivity contribution in [2.24, 2.45) is 10.8 Å². The van der Waals surface area contributed by atoms with Crippen LogP contribution in [0.5, 0.6) is 0 Å². The maximum atomic E-state index is 13.9. The Morgan fingerprint density at radius 3 is 2.50 bits per heavy atom. The van der Waals surface area contributed by atoms with E-state index in [0.29, 0.717) is 17.4 Å². The van der Waals surface area contributed by atoms with Gasteiger partial charge in [0.1, 0.15) is 4.90 Å². The summed E-state index contributed by atoms with van der Waals surface area (Å²) < 4.78 is 35.1. The summed E-state index contributed by atoms with van der Waals surface area (Å²) in [5, 5.41) is 3.48. The van der Waals surface area contributed by atoms with E-state index >= 15 is 0 Å². The number of aromatic nitrogens is 1. The maximum Gasteiger partial charge on any atom is 0.244 e. The number of nitrogens with one attached hydrogen (secondary N) is 1. The van der Waals surface area contributed by atoms with Crippen LogP contribution < -0.4 is 5.32 Å². The third-order valence-corrected chi connectivity index (χ3v) is 9.77. The van der Waals surface area contributed by atoms with Crippen molar-refractivity contribution in [2.45, 2.75) is 89.0 Å². The molecule has 7 heteroatoms. The van der Waals surface area contributed by atoms with Crippen LogP contribution >= 0.6 is 0 Å². The highest BCUT2D eigenvalue weighted by molar-refractivity contribution is 7.89. The second-order valence-corrected chi connectivity index (χ2v) is 13.1. The lowest BCUT2D eigenvalue weighted by molar-refractivity contribution is 0.0255. The van der Waals surface area contributed by atoms with Crippen LogP contribution in [0.15, 0.2) is 23.2 Å². The van der Waals surface area contributed by atoms with Crippen LogP contribution in [0.2, 0.25) is 0 Å². The van der Waals surface area contributed by atoms with Crippen LogP contribution in [-0.2, 0) is 14.8 Å². The molecule has 0 saturated carbocycles. The minimum Gasteiger partial charge on any atom is -0.381 e. The molecule has 1 aromatic rings. The minimum atomic E-state index is -3.58. The molecule has 3 saturated heterocycles. The third kappa shape index (κ3) is 5.21. The zero-order valence-corrected chi connectivity index (χ0v) is 20.9. The smallest absolute Gasteiger partial charge is 0.244 e. The van der Waals surface area contributed by atoms with E-state index in [4.69, 9.17) is 4.74 Å². The Kier molecular flexibility index (Phi) is 7.30. The fourth-order valence-corrected chi connectivity index (χ4v) is 7.68. The molecule has 3 aliphatic rings. The minimum absolute atomic E-state index is 0.0674. The van der Waals surface area contributed by atoms with Crippen molar-refractivity contribution >= 4 is 10.0 Å². The van der Waals surface area contributed by atoms with Crippen LogP contribution in [0.3, 0.4) is 0 Å². The number of nitrogens with zero attached hydrogens (tertiary/aromatic N) is 2. The molecular formula is C25H41N3O3S. The fraction of sp³-hybridized carbons (Fsp3) is 0.800. The Bertz CT molecular complexity index is 846. The lowest BCUT2D eigenvalue weighted by Crippen LogP contribution is -2.57. The summed E-state index contributed by atoms with van der Waals surface area (Å²) >= 11 is 0. The van der Waals surface area contributed by atoms with E-state index in [1.807, 2.05) is 10.4 Å². The molecule has 0 radical (unpaired) electrons. The normalized spacial score (nSPS) is 25.8. The first-order chi connectivity index (χ1) is 15.2. The van der Waals surface area contributed by atoms with E-state index in [9.17, 15) is 8.42 Å². The van der Waals surface area contributed by atoms with Gasteiger partial charge in [0.25, 0.3) is 0 Å². The van der Waals surface area contributed by atoms with Gasteiger partial charge in [0.05, 0.1) is 0 Å². The van der Waals surface area contributed by atoms with E-state index in [1.54, 1.807) is 12.3 Å². The highest BCUT2D eigenvalue weighted by Gasteiger charge is 2.48. The largest absolute Gasteiger partial charge is 0.381 e. The number of piperidine rings is 2. The zero-order chi connectivity index (χ0) is 22.8. The predicted molar refractivity (Wildman–Crippen MR) is 127 cm³/mol. The summed E-state index contributed by atoms with van der Waals surface area (Å²) in [6, 6.07) is 3.78. The lowest BCUT2D eigenvalue weighted by Gasteiger charge is -2.52. The molecule has 1 unspecified atom stereocenters. The van der Waals surface area contributed by atoms with Crippen molar-refractivity contribution < 1.29 is 13.2 Å². The van der Waals surface area contributed by atoms with Gasteiger partial charge in [0, 0.05) is 43.6 Å². The van der Waals surface area contributed by atoms with Crippen molar-refractivity contribution in [3.8, 4) is 0 Å². The molecule has 6 nitrogen and oxygen atoms in total. The summed E-state index contributed by atoms with van der Waals surface area (Å²) in [6.07, 6.45) is 9.67. The van der Waals surface area contributed by atoms with Gasteiger partial charge < -0.3 is 10.1 Å². The Hall–Kier alpha value is -1.02. The van der Waals surface area contributed by atoms with Gasteiger partial charge in [-0.3, -0.25) is 4.98 Å². The topological polar surface area (TPSA) is 71.5 Å². The number of hydrogen-bond acceptors (Lipinski definition) is 5. The molecule has 3 aliphatic heterocycles. The van der Waals surface area contributed by atoms with Gasteiger partial charge in [0.2, 0.25) is 10.0 Å². The average Bonchev–Trinajstić information content (AvgIpc) is 2.79. The Balaban J connectivity index is 1.60. The van der Waals surface area contributed by atoms with E-state index in [0.717, 1.165) is 83.4 Å². The third-order valence-electron chi connectivity index (χ3n) is 7.88. The van der Waals surface area contributed by atoms with Crippen LogP contribution in [0, 0.1) is 10.8 Å². The van der Waals surface area contributed by atoms with E-state index in [-0.39, 0.29) is 16.9 Å². The molecule has 0 bridgehead atoms. The number of rotatable bonds is 5. The maximum absolute atomic E-state index is 13.9. The predicted octanol–water partition coefficient (Wildman–Crippen LogP) is 4.32. The highest BCUT2D eigenvalue weighted by Crippen LogP contribution is 2.47. The van der Waals surface area contributed by atoms with Crippen LogP contribution in [0.25, 0.3) is 0 Å². The summed E-state index contributed by atoms with van der Waals surface area (Å²) in [5.74, 6) is 0.369. The van der Waals surface area contributed by atoms with Crippen molar-refractivity contribution in [3.05, 3.63) is 24.0 Å². The van der Waals surface area contributed by atoms with Crippen LogP contribution in [0.1, 0.15) is 83.7 Å². The summed E-state index contributed by atoms with van der Waals surface area (Å²) in [7, 11) is -3.58. The second-order valence-electron chi connectivity index (χ2n) is 11.3. The summed E-state index contributed by atoms with van der Waals surface area (Å²) in [6.45, 7) is 10.9. The van der Waals surface area contributed by atoms with E-state index < -0.39 is 10.0 Å². The molecule has 3 fully saturated rings. The van der Waals surface area contributed by atoms with Gasteiger partial charge in [-0.25, -0.2) is 8.42 Å². The molecule has 0 aliphatic carbocycles. The second kappa shape index (κ2) is 9.69. The molecule has 4 heterocycles. The van der Waals surface area contributed by atoms with Crippen LogP contribution in [0.4, 0.5) is 0 Å². The van der Waals surface area contributed by atoms with Gasteiger partial charge >= 0.3 is 0 Å². The Morgan fingerprint density at radius 1 is 1.16 bits per heavy atom. The van der Waals surface area contributed by atoms with Gasteiger partial charge in [-0.2, -0.15) is 4.31 Å². The molecule has 0 amide bonds. The molecule has 1 atom stereocenters. The zero-order valence-electron chi connectivity index (χ0n) is 20.1. The first-order valence-corrected chi connectivity index (χ1v) is 13.9. The van der Waals surface area contributed by atoms with E-state index in [2.05, 4.69) is 31.1 Å². The van der Waals surface area contributed by atoms with Gasteiger partial charge in [0.15, 0.2) is 0 Å². The van der Waals surface area contributed by atoms with Gasteiger partial charge in [-0.1, -0.05) is 20.8 Å². The molecule has 0 aromatic carbocycles. The Morgan fingerprint density at radius 2 is 1.88 bits per heavy atom. The molecule has 4 rings (SSSR count). The number of hydrogen-bond donors (Lipinski definition) is 1. The summed E-state index contributed by atoms with van der Waals surface area (Å²) in [5.41, 5.74) is 1.27. The Labute approximate surface area is 194 Å². The summed E-state index contributed by atoms with van der Waals surface area (Å²) in [4.78, 5) is 4.95. The highest BCUT2D eigenvalue weighted by atomic mass is 32.2. The standard InChI is InChI=1S/C25H41N3O3S/c1-24(2,3)11-7-23-25(12-14-26-15-13-25)10-4-16-28(23)32(29,30)21-5-6-22(27-19-21)20-8-17-31-18-9-20/h5-6,19-20,23,26H,4,7-18H2,1-3H3. The molecule has 1 N–H and O–H groups in total.